The molecule has 1 heterocycles. The van der Waals surface area contributed by atoms with Crippen LogP contribution in [-0.4, -0.2) is 20.2 Å². The third-order valence-corrected chi connectivity index (χ3v) is 2.85. The first-order chi connectivity index (χ1) is 9.72. The van der Waals surface area contributed by atoms with Crippen molar-refractivity contribution in [1.82, 2.24) is 20.2 Å². The van der Waals surface area contributed by atoms with Crippen molar-refractivity contribution in [1.29, 1.82) is 0 Å². The van der Waals surface area contributed by atoms with Crippen LogP contribution in [0.25, 0.3) is 5.69 Å². The molecule has 0 bridgehead atoms. The van der Waals surface area contributed by atoms with Crippen LogP contribution in [0.1, 0.15) is 11.1 Å². The molecule has 1 aromatic heterocycles. The lowest BCUT2D eigenvalue weighted by Crippen LogP contribution is -2.00. The summed E-state index contributed by atoms with van der Waals surface area (Å²) in [5.41, 5.74) is 3.13. The fourth-order valence-corrected chi connectivity index (χ4v) is 2.07. The molecule has 100 valence electrons. The zero-order valence-corrected chi connectivity index (χ0v) is 11.3. The highest BCUT2D eigenvalue weighted by Gasteiger charge is 2.10. The van der Waals surface area contributed by atoms with Crippen molar-refractivity contribution in [2.45, 2.75) is 13.8 Å². The van der Waals surface area contributed by atoms with E-state index in [4.69, 9.17) is 4.74 Å². The van der Waals surface area contributed by atoms with Gasteiger partial charge in [0, 0.05) is 0 Å². The molecule has 0 saturated carbocycles. The molecular formula is C15H14N4O. The topological polar surface area (TPSA) is 52.8 Å². The molecule has 0 N–H and O–H groups in total. The maximum atomic E-state index is 5.79. The van der Waals surface area contributed by atoms with Crippen molar-refractivity contribution in [3.05, 3.63) is 59.7 Å². The Hall–Kier alpha value is -2.69. The van der Waals surface area contributed by atoms with Crippen molar-refractivity contribution in [2.24, 2.45) is 0 Å². The molecule has 5 heteroatoms. The van der Waals surface area contributed by atoms with Crippen LogP contribution in [0.3, 0.4) is 0 Å². The quantitative estimate of drug-likeness (QED) is 0.731. The molecule has 0 fully saturated rings. The first-order valence-corrected chi connectivity index (χ1v) is 6.32. The van der Waals surface area contributed by atoms with Gasteiger partial charge < -0.3 is 4.74 Å². The number of hydrogen-bond donors (Lipinski definition) is 0. The summed E-state index contributed by atoms with van der Waals surface area (Å²) in [6.07, 6.45) is 0. The zero-order chi connectivity index (χ0) is 13.9. The zero-order valence-electron chi connectivity index (χ0n) is 11.3. The standard InChI is InChI=1S/C15H14N4O/c1-11-8-12(2)10-14(9-11)20-15-16-17-18-19(15)13-6-4-3-5-7-13/h3-10H,1-2H3. The normalized spacial score (nSPS) is 10.5. The summed E-state index contributed by atoms with van der Waals surface area (Å²) in [5, 5.41) is 11.6. The second-order valence-electron chi connectivity index (χ2n) is 4.63. The minimum atomic E-state index is 0.348. The lowest BCUT2D eigenvalue weighted by atomic mass is 10.1. The maximum absolute atomic E-state index is 5.79. The molecule has 3 aromatic rings. The molecule has 3 rings (SSSR count). The van der Waals surface area contributed by atoms with Crippen LogP contribution in [0.2, 0.25) is 0 Å². The van der Waals surface area contributed by atoms with Gasteiger partial charge in [-0.2, -0.15) is 4.68 Å². The molecule has 5 nitrogen and oxygen atoms in total. The molecule has 0 aliphatic heterocycles. The molecule has 0 radical (unpaired) electrons. The number of rotatable bonds is 3. The Bertz CT molecular complexity index is 701. The third kappa shape index (κ3) is 2.51. The van der Waals surface area contributed by atoms with E-state index in [2.05, 4.69) is 21.6 Å². The lowest BCUT2D eigenvalue weighted by Gasteiger charge is -2.07. The third-order valence-electron chi connectivity index (χ3n) is 2.85. The molecule has 0 amide bonds. The van der Waals surface area contributed by atoms with Crippen molar-refractivity contribution < 1.29 is 4.74 Å². The van der Waals surface area contributed by atoms with Gasteiger partial charge in [-0.05, 0) is 59.7 Å². The largest absolute Gasteiger partial charge is 0.423 e. The van der Waals surface area contributed by atoms with E-state index in [1.165, 1.54) is 0 Å². The van der Waals surface area contributed by atoms with Gasteiger partial charge in [0.05, 0.1) is 5.69 Å². The number of tetrazole rings is 1. The van der Waals surface area contributed by atoms with Gasteiger partial charge in [0.1, 0.15) is 5.75 Å². The monoisotopic (exact) mass is 266 g/mol. The molecule has 2 aromatic carbocycles. The predicted molar refractivity (Wildman–Crippen MR) is 75.1 cm³/mol. The molecule has 0 unspecified atom stereocenters. The summed E-state index contributed by atoms with van der Waals surface area (Å²) < 4.78 is 7.36. The number of benzene rings is 2. The highest BCUT2D eigenvalue weighted by Crippen LogP contribution is 2.23. The van der Waals surface area contributed by atoms with Crippen LogP contribution in [0.15, 0.2) is 48.5 Å². The average molecular weight is 266 g/mol. The number of hydrogen-bond acceptors (Lipinski definition) is 4. The molecule has 0 aliphatic rings. The van der Waals surface area contributed by atoms with E-state index in [0.717, 1.165) is 22.6 Å². The van der Waals surface area contributed by atoms with Crippen molar-refractivity contribution in [3.63, 3.8) is 0 Å². The Labute approximate surface area is 116 Å². The molecule has 0 spiro atoms. The van der Waals surface area contributed by atoms with Gasteiger partial charge in [0.15, 0.2) is 0 Å². The van der Waals surface area contributed by atoms with Crippen LogP contribution < -0.4 is 4.74 Å². The minimum Gasteiger partial charge on any atom is -0.423 e. The Morgan fingerprint density at radius 1 is 0.950 bits per heavy atom. The van der Waals surface area contributed by atoms with Crippen LogP contribution in [0, 0.1) is 13.8 Å². The summed E-state index contributed by atoms with van der Waals surface area (Å²) in [5.74, 6) is 0.731. The van der Waals surface area contributed by atoms with E-state index in [0.29, 0.717) is 6.01 Å². The van der Waals surface area contributed by atoms with Gasteiger partial charge >= 0.3 is 6.01 Å². The maximum Gasteiger partial charge on any atom is 0.345 e. The van der Waals surface area contributed by atoms with Gasteiger partial charge in [-0.3, -0.25) is 0 Å². The number of ether oxygens (including phenoxy) is 1. The molecule has 20 heavy (non-hydrogen) atoms. The summed E-state index contributed by atoms with van der Waals surface area (Å²) in [7, 11) is 0. The Morgan fingerprint density at radius 2 is 1.65 bits per heavy atom. The Kier molecular flexibility index (Phi) is 3.16. The van der Waals surface area contributed by atoms with Crippen LogP contribution in [-0.2, 0) is 0 Å². The minimum absolute atomic E-state index is 0.348. The summed E-state index contributed by atoms with van der Waals surface area (Å²) in [6, 6.07) is 16.0. The molecule has 0 saturated heterocycles. The van der Waals surface area contributed by atoms with Gasteiger partial charge in [0.25, 0.3) is 0 Å². The summed E-state index contributed by atoms with van der Waals surface area (Å²) >= 11 is 0. The van der Waals surface area contributed by atoms with Crippen LogP contribution in [0.5, 0.6) is 11.8 Å². The first-order valence-electron chi connectivity index (χ1n) is 6.32. The van der Waals surface area contributed by atoms with Gasteiger partial charge in [-0.25, -0.2) is 0 Å². The van der Waals surface area contributed by atoms with Crippen molar-refractivity contribution in [3.8, 4) is 17.4 Å². The van der Waals surface area contributed by atoms with E-state index < -0.39 is 0 Å². The number of aryl methyl sites for hydroxylation is 2. The van der Waals surface area contributed by atoms with E-state index >= 15 is 0 Å². The smallest absolute Gasteiger partial charge is 0.345 e. The average Bonchev–Trinajstić information content (AvgIpc) is 2.86. The van der Waals surface area contributed by atoms with E-state index in [1.807, 2.05) is 56.3 Å². The van der Waals surface area contributed by atoms with Crippen molar-refractivity contribution in [2.75, 3.05) is 0 Å². The SMILES string of the molecule is Cc1cc(C)cc(Oc2nnnn2-c2ccccc2)c1. The summed E-state index contributed by atoms with van der Waals surface area (Å²) in [4.78, 5) is 0. The second-order valence-corrected chi connectivity index (χ2v) is 4.63. The van der Waals surface area contributed by atoms with E-state index in [-0.39, 0.29) is 0 Å². The van der Waals surface area contributed by atoms with Gasteiger partial charge in [-0.15, -0.1) is 0 Å². The van der Waals surface area contributed by atoms with Gasteiger partial charge in [-0.1, -0.05) is 29.4 Å². The van der Waals surface area contributed by atoms with Crippen molar-refractivity contribution >= 4 is 0 Å². The fraction of sp³-hybridized carbons (Fsp3) is 0.133. The van der Waals surface area contributed by atoms with E-state index in [9.17, 15) is 0 Å². The van der Waals surface area contributed by atoms with Crippen LogP contribution in [0.4, 0.5) is 0 Å². The molecular weight excluding hydrogens is 252 g/mol. The van der Waals surface area contributed by atoms with Crippen LogP contribution >= 0.6 is 0 Å². The molecule has 0 atom stereocenters. The van der Waals surface area contributed by atoms with Gasteiger partial charge in [0.2, 0.25) is 0 Å². The number of para-hydroxylation sites is 1. The van der Waals surface area contributed by atoms with E-state index in [1.54, 1.807) is 4.68 Å². The number of aromatic nitrogens is 4. The number of nitrogens with zero attached hydrogens (tertiary/aromatic N) is 4. The highest BCUT2D eigenvalue weighted by molar-refractivity contribution is 5.36. The Morgan fingerprint density at radius 3 is 2.35 bits per heavy atom. The molecule has 0 aliphatic carbocycles. The first kappa shape index (κ1) is 12.3. The fourth-order valence-electron chi connectivity index (χ4n) is 2.07. The predicted octanol–water partition coefficient (Wildman–Crippen LogP) is 3.07. The second kappa shape index (κ2) is 5.13. The lowest BCUT2D eigenvalue weighted by molar-refractivity contribution is 0.426. The highest BCUT2D eigenvalue weighted by atomic mass is 16.5. The Balaban J connectivity index is 1.94. The summed E-state index contributed by atoms with van der Waals surface area (Å²) in [6.45, 7) is 4.06.